The fourth-order valence-electron chi connectivity index (χ4n) is 3.03. The van der Waals surface area contributed by atoms with Crippen LogP contribution in [-0.4, -0.2) is 29.9 Å². The van der Waals surface area contributed by atoms with Crippen molar-refractivity contribution in [1.82, 2.24) is 10.6 Å². The lowest BCUT2D eigenvalue weighted by Crippen LogP contribution is -2.44. The Morgan fingerprint density at radius 2 is 1.45 bits per heavy atom. The van der Waals surface area contributed by atoms with Gasteiger partial charge in [0, 0.05) is 12.1 Å². The number of hydrogen-bond donors (Lipinski definition) is 2. The molecule has 0 saturated heterocycles. The largest absolute Gasteiger partial charge is 0.460 e. The number of carbonyl (C=O) groups is 3. The highest BCUT2D eigenvalue weighted by atomic mass is 16.6. The van der Waals surface area contributed by atoms with Gasteiger partial charge < -0.3 is 15.4 Å². The zero-order chi connectivity index (χ0) is 23.0. The highest BCUT2D eigenvalue weighted by molar-refractivity contribution is 5.97. The second kappa shape index (κ2) is 10.8. The Kier molecular flexibility index (Phi) is 8.37. The highest BCUT2D eigenvalue weighted by Crippen LogP contribution is 2.19. The van der Waals surface area contributed by atoms with E-state index < -0.39 is 17.6 Å². The summed E-state index contributed by atoms with van der Waals surface area (Å²) in [5.41, 5.74) is 0.512. The van der Waals surface area contributed by atoms with E-state index in [1.165, 1.54) is 0 Å². The molecule has 2 amide bonds. The Hall–Kier alpha value is -3.15. The molecule has 31 heavy (non-hydrogen) atoms. The molecule has 0 heterocycles. The lowest BCUT2D eigenvalue weighted by molar-refractivity contribution is -0.161. The average molecular weight is 425 g/mol. The summed E-state index contributed by atoms with van der Waals surface area (Å²) in [5, 5.41) is 5.63. The summed E-state index contributed by atoms with van der Waals surface area (Å²) in [6, 6.07) is 16.9. The topological polar surface area (TPSA) is 84.5 Å². The van der Waals surface area contributed by atoms with Crippen LogP contribution >= 0.6 is 0 Å². The molecule has 0 aliphatic carbocycles. The van der Waals surface area contributed by atoms with Crippen molar-refractivity contribution in [1.29, 1.82) is 0 Å². The maximum Gasteiger partial charge on any atom is 0.311 e. The van der Waals surface area contributed by atoms with Gasteiger partial charge in [-0.2, -0.15) is 0 Å². The smallest absolute Gasteiger partial charge is 0.311 e. The maximum absolute atomic E-state index is 13.1. The van der Waals surface area contributed by atoms with Gasteiger partial charge in [-0.05, 0) is 44.4 Å². The van der Waals surface area contributed by atoms with Gasteiger partial charge in [0.05, 0.1) is 5.92 Å². The zero-order valence-electron chi connectivity index (χ0n) is 18.8. The Morgan fingerprint density at radius 3 is 1.97 bits per heavy atom. The number of hydrogen-bond acceptors (Lipinski definition) is 4. The number of ether oxygens (including phenoxy) is 1. The minimum absolute atomic E-state index is 0.0239. The Morgan fingerprint density at radius 1 is 0.903 bits per heavy atom. The monoisotopic (exact) mass is 424 g/mol. The summed E-state index contributed by atoms with van der Waals surface area (Å²) in [6.45, 7) is 9.37. The van der Waals surface area contributed by atoms with Gasteiger partial charge in [-0.1, -0.05) is 62.4 Å². The van der Waals surface area contributed by atoms with Crippen molar-refractivity contribution in [3.63, 3.8) is 0 Å². The van der Waals surface area contributed by atoms with E-state index in [1.807, 2.05) is 58.9 Å². The molecular formula is C25H32N2O4. The van der Waals surface area contributed by atoms with Crippen LogP contribution in [0.1, 0.15) is 56.6 Å². The SMILES string of the molecule is CC(C)C(CNC(=O)C(NC(=O)c1ccccc1)c1ccccc1)C(=O)OC(C)(C)C. The molecule has 2 unspecified atom stereocenters. The molecule has 0 aliphatic heterocycles. The summed E-state index contributed by atoms with van der Waals surface area (Å²) in [5.74, 6) is -1.61. The Labute approximate surface area is 184 Å². The second-order valence-electron chi connectivity index (χ2n) is 8.81. The molecule has 166 valence electrons. The van der Waals surface area contributed by atoms with Crippen LogP contribution in [-0.2, 0) is 14.3 Å². The molecule has 0 spiro atoms. The van der Waals surface area contributed by atoms with Crippen molar-refractivity contribution < 1.29 is 19.1 Å². The first kappa shape index (κ1) is 24.1. The van der Waals surface area contributed by atoms with E-state index in [4.69, 9.17) is 4.74 Å². The van der Waals surface area contributed by atoms with Crippen LogP contribution in [0.2, 0.25) is 0 Å². The summed E-state index contributed by atoms with van der Waals surface area (Å²) in [6.07, 6.45) is 0. The van der Waals surface area contributed by atoms with Crippen molar-refractivity contribution >= 4 is 17.8 Å². The van der Waals surface area contributed by atoms with Crippen LogP contribution in [0.15, 0.2) is 60.7 Å². The van der Waals surface area contributed by atoms with Crippen molar-refractivity contribution in [3.05, 3.63) is 71.8 Å². The molecule has 0 bridgehead atoms. The van der Waals surface area contributed by atoms with Crippen LogP contribution in [0.4, 0.5) is 0 Å². The van der Waals surface area contributed by atoms with E-state index >= 15 is 0 Å². The van der Waals surface area contributed by atoms with Crippen molar-refractivity contribution in [2.45, 2.75) is 46.3 Å². The van der Waals surface area contributed by atoms with Gasteiger partial charge in [0.1, 0.15) is 11.6 Å². The van der Waals surface area contributed by atoms with E-state index in [9.17, 15) is 14.4 Å². The minimum Gasteiger partial charge on any atom is -0.460 e. The predicted molar refractivity (Wildman–Crippen MR) is 120 cm³/mol. The number of rotatable bonds is 8. The van der Waals surface area contributed by atoms with Gasteiger partial charge in [0.2, 0.25) is 5.91 Å². The van der Waals surface area contributed by atoms with E-state index in [0.29, 0.717) is 11.1 Å². The molecule has 0 aromatic heterocycles. The molecule has 2 N–H and O–H groups in total. The van der Waals surface area contributed by atoms with Crippen molar-refractivity contribution in [3.8, 4) is 0 Å². The fourth-order valence-corrected chi connectivity index (χ4v) is 3.03. The second-order valence-corrected chi connectivity index (χ2v) is 8.81. The number of benzene rings is 2. The van der Waals surface area contributed by atoms with Gasteiger partial charge in [0.15, 0.2) is 0 Å². The van der Waals surface area contributed by atoms with E-state index in [2.05, 4.69) is 10.6 Å². The first-order chi connectivity index (χ1) is 14.6. The Bertz CT molecular complexity index is 873. The molecule has 0 saturated carbocycles. The van der Waals surface area contributed by atoms with Crippen LogP contribution in [0.3, 0.4) is 0 Å². The molecule has 2 aromatic carbocycles. The molecule has 6 heteroatoms. The third-order valence-electron chi connectivity index (χ3n) is 4.72. The molecular weight excluding hydrogens is 392 g/mol. The van der Waals surface area contributed by atoms with Gasteiger partial charge >= 0.3 is 5.97 Å². The molecule has 2 rings (SSSR count). The van der Waals surface area contributed by atoms with Gasteiger partial charge in [-0.3, -0.25) is 14.4 Å². The van der Waals surface area contributed by atoms with Crippen molar-refractivity contribution in [2.75, 3.05) is 6.54 Å². The zero-order valence-corrected chi connectivity index (χ0v) is 18.8. The minimum atomic E-state index is -0.889. The summed E-state index contributed by atoms with van der Waals surface area (Å²) < 4.78 is 5.50. The van der Waals surface area contributed by atoms with Crippen LogP contribution < -0.4 is 10.6 Å². The van der Waals surface area contributed by atoms with Gasteiger partial charge in [-0.15, -0.1) is 0 Å². The predicted octanol–water partition coefficient (Wildman–Crippen LogP) is 3.89. The normalized spacial score (nSPS) is 13.2. The number of amides is 2. The summed E-state index contributed by atoms with van der Waals surface area (Å²) >= 11 is 0. The first-order valence-corrected chi connectivity index (χ1v) is 10.5. The van der Waals surface area contributed by atoms with Crippen LogP contribution in [0.5, 0.6) is 0 Å². The molecule has 0 aliphatic rings. The number of nitrogens with one attached hydrogen (secondary N) is 2. The lowest BCUT2D eigenvalue weighted by Gasteiger charge is -2.27. The summed E-state index contributed by atoms with van der Waals surface area (Å²) in [4.78, 5) is 38.3. The quantitative estimate of drug-likeness (QED) is 0.630. The Balaban J connectivity index is 2.15. The molecule has 0 radical (unpaired) electrons. The first-order valence-electron chi connectivity index (χ1n) is 10.5. The molecule has 2 aromatic rings. The van der Waals surface area contributed by atoms with Crippen LogP contribution in [0, 0.1) is 11.8 Å². The van der Waals surface area contributed by atoms with Crippen molar-refractivity contribution in [2.24, 2.45) is 11.8 Å². The molecule has 0 fully saturated rings. The highest BCUT2D eigenvalue weighted by Gasteiger charge is 2.30. The standard InChI is InChI=1S/C25H32N2O4/c1-17(2)20(24(30)31-25(3,4)5)16-26-23(29)21(18-12-8-6-9-13-18)27-22(28)19-14-10-7-11-15-19/h6-15,17,20-21H,16H2,1-5H3,(H,26,29)(H,27,28). The maximum atomic E-state index is 13.1. The van der Waals surface area contributed by atoms with E-state index in [1.54, 1.807) is 36.4 Å². The van der Waals surface area contributed by atoms with Crippen LogP contribution in [0.25, 0.3) is 0 Å². The average Bonchev–Trinajstić information content (AvgIpc) is 2.71. The molecule has 6 nitrogen and oxygen atoms in total. The third kappa shape index (κ3) is 7.55. The third-order valence-corrected chi connectivity index (χ3v) is 4.72. The van der Waals surface area contributed by atoms with E-state index in [-0.39, 0.29) is 30.2 Å². The number of carbonyl (C=O) groups excluding carboxylic acids is 3. The van der Waals surface area contributed by atoms with E-state index in [0.717, 1.165) is 0 Å². The van der Waals surface area contributed by atoms with Gasteiger partial charge in [0.25, 0.3) is 5.91 Å². The number of esters is 1. The van der Waals surface area contributed by atoms with Gasteiger partial charge in [-0.25, -0.2) is 0 Å². The fraction of sp³-hybridized carbons (Fsp3) is 0.400. The lowest BCUT2D eigenvalue weighted by atomic mass is 9.95. The molecule has 2 atom stereocenters. The summed E-state index contributed by atoms with van der Waals surface area (Å²) in [7, 11) is 0.